The first-order valence-electron chi connectivity index (χ1n) is 6.72. The maximum Gasteiger partial charge on any atom is 0.284 e. The maximum absolute atomic E-state index is 12.1. The largest absolute Gasteiger partial charge is 0.482 e. The molecule has 2 aromatic rings. The van der Waals surface area contributed by atoms with Gasteiger partial charge in [0.1, 0.15) is 17.3 Å². The van der Waals surface area contributed by atoms with Crippen molar-refractivity contribution in [1.29, 1.82) is 0 Å². The normalized spacial score (nSPS) is 11.2. The topological polar surface area (TPSA) is 63.8 Å². The fourth-order valence-corrected chi connectivity index (χ4v) is 2.23. The Kier molecular flexibility index (Phi) is 7.07. The lowest BCUT2D eigenvalue weighted by atomic mass is 10.3. The minimum atomic E-state index is -2.45. The molecule has 0 saturated carbocycles. The third-order valence-electron chi connectivity index (χ3n) is 2.61. The number of hydrazone groups is 1. The number of hydrogen-bond donors (Lipinski definition) is 1. The van der Waals surface area contributed by atoms with Gasteiger partial charge in [0.05, 0.1) is 17.0 Å². The maximum atomic E-state index is 12.1. The van der Waals surface area contributed by atoms with Gasteiger partial charge in [-0.1, -0.05) is 35.5 Å². The first-order chi connectivity index (χ1) is 11.5. The summed E-state index contributed by atoms with van der Waals surface area (Å²) in [5, 5.41) is 4.10. The molecule has 5 nitrogen and oxygen atoms in total. The van der Waals surface area contributed by atoms with Crippen LogP contribution in [0.2, 0.25) is 5.02 Å². The molecule has 0 spiro atoms. The molecule has 1 N–H and O–H groups in total. The van der Waals surface area contributed by atoms with Gasteiger partial charge in [-0.2, -0.15) is 13.9 Å². The summed E-state index contributed by atoms with van der Waals surface area (Å²) in [6.45, 7) is -0.254. The van der Waals surface area contributed by atoms with E-state index in [1.54, 1.807) is 36.4 Å². The van der Waals surface area contributed by atoms with Crippen LogP contribution in [0, 0.1) is 0 Å². The number of carbonyl (C=O) groups is 1. The number of furan rings is 1. The smallest absolute Gasteiger partial charge is 0.284 e. The van der Waals surface area contributed by atoms with Gasteiger partial charge in [-0.05, 0) is 24.3 Å². The summed E-state index contributed by atoms with van der Waals surface area (Å²) >= 11 is 6.36. The zero-order chi connectivity index (χ0) is 17.4. The van der Waals surface area contributed by atoms with Gasteiger partial charge in [0.2, 0.25) is 0 Å². The van der Waals surface area contributed by atoms with Gasteiger partial charge in [0.25, 0.3) is 11.7 Å². The van der Waals surface area contributed by atoms with E-state index in [9.17, 15) is 13.6 Å². The molecule has 0 aliphatic rings. The van der Waals surface area contributed by atoms with Crippen LogP contribution in [0.5, 0.6) is 5.75 Å². The number of alkyl halides is 2. The minimum Gasteiger partial charge on any atom is -0.482 e. The Bertz CT molecular complexity index is 710. The molecule has 0 atom stereocenters. The van der Waals surface area contributed by atoms with Crippen LogP contribution in [0.4, 0.5) is 8.78 Å². The van der Waals surface area contributed by atoms with Gasteiger partial charge in [-0.15, -0.1) is 0 Å². The summed E-state index contributed by atoms with van der Waals surface area (Å²) in [5.41, 5.74) is 2.26. The van der Waals surface area contributed by atoms with Crippen LogP contribution in [-0.4, -0.2) is 24.5 Å². The SMILES string of the molecule is O=C(COc1ccccc1Cl)N/N=C\c1ccc(CSC(F)F)o1. The van der Waals surface area contributed by atoms with E-state index in [1.165, 1.54) is 6.21 Å². The van der Waals surface area contributed by atoms with E-state index in [-0.39, 0.29) is 12.4 Å². The van der Waals surface area contributed by atoms with Crippen LogP contribution < -0.4 is 10.2 Å². The van der Waals surface area contributed by atoms with Gasteiger partial charge in [-0.3, -0.25) is 4.79 Å². The van der Waals surface area contributed by atoms with Gasteiger partial charge in [-0.25, -0.2) is 5.43 Å². The van der Waals surface area contributed by atoms with Gasteiger partial charge in [0, 0.05) is 0 Å². The number of halogens is 3. The van der Waals surface area contributed by atoms with Crippen LogP contribution in [0.25, 0.3) is 0 Å². The Morgan fingerprint density at radius 1 is 1.38 bits per heavy atom. The lowest BCUT2D eigenvalue weighted by molar-refractivity contribution is -0.123. The molecule has 0 aliphatic heterocycles. The Morgan fingerprint density at radius 3 is 2.92 bits per heavy atom. The van der Waals surface area contributed by atoms with Crippen LogP contribution in [0.1, 0.15) is 11.5 Å². The predicted molar refractivity (Wildman–Crippen MR) is 88.7 cm³/mol. The lowest BCUT2D eigenvalue weighted by Gasteiger charge is -2.05. The van der Waals surface area contributed by atoms with E-state index in [2.05, 4.69) is 10.5 Å². The molecule has 1 amide bonds. The van der Waals surface area contributed by atoms with Crippen molar-refractivity contribution in [3.05, 3.63) is 52.9 Å². The van der Waals surface area contributed by atoms with Gasteiger partial charge < -0.3 is 9.15 Å². The quantitative estimate of drug-likeness (QED) is 0.562. The number of ether oxygens (including phenoxy) is 1. The Balaban J connectivity index is 1.75. The van der Waals surface area contributed by atoms with Crippen molar-refractivity contribution in [1.82, 2.24) is 5.43 Å². The Labute approximate surface area is 146 Å². The van der Waals surface area contributed by atoms with Crippen LogP contribution in [0.15, 0.2) is 45.9 Å². The molecule has 0 fully saturated rings. The number of para-hydroxylation sites is 1. The van der Waals surface area contributed by atoms with Crippen molar-refractivity contribution in [3.8, 4) is 5.75 Å². The first-order valence-corrected chi connectivity index (χ1v) is 8.15. The molecule has 2 rings (SSSR count). The van der Waals surface area contributed by atoms with Crippen molar-refractivity contribution >= 4 is 35.5 Å². The summed E-state index contributed by atoms with van der Waals surface area (Å²) < 4.78 is 34.6. The second-order valence-electron chi connectivity index (χ2n) is 4.39. The summed E-state index contributed by atoms with van der Waals surface area (Å²) in [4.78, 5) is 11.6. The highest BCUT2D eigenvalue weighted by Gasteiger charge is 2.07. The lowest BCUT2D eigenvalue weighted by Crippen LogP contribution is -2.24. The molecule has 1 aromatic heterocycles. The van der Waals surface area contributed by atoms with E-state index in [4.69, 9.17) is 20.8 Å². The molecule has 0 radical (unpaired) electrons. The molecule has 1 aromatic carbocycles. The van der Waals surface area contributed by atoms with Crippen LogP contribution >= 0.6 is 23.4 Å². The molecule has 128 valence electrons. The molecule has 24 heavy (non-hydrogen) atoms. The van der Waals surface area contributed by atoms with Crippen molar-refractivity contribution in [2.24, 2.45) is 5.10 Å². The third kappa shape index (κ3) is 6.21. The number of nitrogens with zero attached hydrogens (tertiary/aromatic N) is 1. The summed E-state index contributed by atoms with van der Waals surface area (Å²) in [7, 11) is 0. The molecular weight excluding hydrogens is 362 g/mol. The van der Waals surface area contributed by atoms with Crippen molar-refractivity contribution in [2.75, 3.05) is 6.61 Å². The average Bonchev–Trinajstić information content (AvgIpc) is 3.00. The van der Waals surface area contributed by atoms with Crippen LogP contribution in [-0.2, 0) is 10.5 Å². The number of carbonyl (C=O) groups excluding carboxylic acids is 1. The predicted octanol–water partition coefficient (Wildman–Crippen LogP) is 3.92. The molecule has 0 bridgehead atoms. The van der Waals surface area contributed by atoms with Crippen molar-refractivity contribution < 1.29 is 22.7 Å². The van der Waals surface area contributed by atoms with Crippen LogP contribution in [0.3, 0.4) is 0 Å². The van der Waals surface area contributed by atoms with E-state index in [1.807, 2.05) is 0 Å². The standard InChI is InChI=1S/C15H13ClF2N2O3S/c16-12-3-1-2-4-13(12)22-8-14(21)20-19-7-10-5-6-11(23-10)9-24-15(17)18/h1-7,15H,8-9H2,(H,20,21)/b19-7-. The number of thioether (sulfide) groups is 1. The van der Waals surface area contributed by atoms with Crippen molar-refractivity contribution in [2.45, 2.75) is 11.5 Å². The monoisotopic (exact) mass is 374 g/mol. The highest BCUT2D eigenvalue weighted by Crippen LogP contribution is 2.23. The van der Waals surface area contributed by atoms with Crippen molar-refractivity contribution in [3.63, 3.8) is 0 Å². The molecule has 0 unspecified atom stereocenters. The Morgan fingerprint density at radius 2 is 2.17 bits per heavy atom. The van der Waals surface area contributed by atoms with E-state index in [0.29, 0.717) is 34.1 Å². The second kappa shape index (κ2) is 9.29. The molecule has 0 saturated heterocycles. The third-order valence-corrected chi connectivity index (χ3v) is 3.63. The fourth-order valence-electron chi connectivity index (χ4n) is 1.59. The van der Waals surface area contributed by atoms with E-state index in [0.717, 1.165) is 0 Å². The van der Waals surface area contributed by atoms with E-state index < -0.39 is 11.7 Å². The zero-order valence-electron chi connectivity index (χ0n) is 12.2. The molecule has 9 heteroatoms. The highest BCUT2D eigenvalue weighted by atomic mass is 35.5. The average molecular weight is 375 g/mol. The number of nitrogens with one attached hydrogen (secondary N) is 1. The minimum absolute atomic E-state index is 0.0591. The summed E-state index contributed by atoms with van der Waals surface area (Å²) in [6.07, 6.45) is 1.27. The second-order valence-corrected chi connectivity index (χ2v) is 5.77. The molecule has 1 heterocycles. The molecule has 0 aliphatic carbocycles. The summed E-state index contributed by atoms with van der Waals surface area (Å²) in [6, 6.07) is 9.90. The summed E-state index contributed by atoms with van der Waals surface area (Å²) in [5.74, 6) is -1.74. The zero-order valence-corrected chi connectivity index (χ0v) is 13.8. The van der Waals surface area contributed by atoms with Gasteiger partial charge in [0.15, 0.2) is 6.61 Å². The Hall–Kier alpha value is -2.06. The first kappa shape index (κ1) is 18.3. The number of benzene rings is 1. The van der Waals surface area contributed by atoms with E-state index >= 15 is 0 Å². The number of rotatable bonds is 8. The number of amides is 1. The highest BCUT2D eigenvalue weighted by molar-refractivity contribution is 7.98. The number of hydrogen-bond acceptors (Lipinski definition) is 5. The fraction of sp³-hybridized carbons (Fsp3) is 0.200. The molecular formula is C15H13ClF2N2O3S. The van der Waals surface area contributed by atoms with Gasteiger partial charge >= 0.3 is 0 Å².